The number of esters is 2. The van der Waals surface area contributed by atoms with E-state index in [4.69, 9.17) is 112 Å². The number of nitrogens with one attached hydrogen (secondary N) is 1. The maximum Gasteiger partial charge on any atom is 0.341 e. The van der Waals surface area contributed by atoms with E-state index in [0.29, 0.717) is 118 Å². The smallest absolute Gasteiger partial charge is 0.341 e. The van der Waals surface area contributed by atoms with E-state index >= 15 is 0 Å². The Morgan fingerprint density at radius 1 is 0.479 bits per heavy atom. The van der Waals surface area contributed by atoms with Crippen molar-refractivity contribution in [3.63, 3.8) is 0 Å². The highest BCUT2D eigenvalue weighted by Gasteiger charge is 2.54. The fourth-order valence-corrected chi connectivity index (χ4v) is 18.3. The largest absolute Gasteiger partial charge is 0.478 e. The third-order valence-corrected chi connectivity index (χ3v) is 24.5. The summed E-state index contributed by atoms with van der Waals surface area (Å²) >= 11 is 41.7. The predicted molar refractivity (Wildman–Crippen MR) is 434 cm³/mol. The van der Waals surface area contributed by atoms with Gasteiger partial charge in [-0.15, -0.1) is 0 Å². The Kier molecular flexibility index (Phi) is 24.4. The minimum absolute atomic E-state index is 0.0448. The van der Waals surface area contributed by atoms with E-state index in [1.807, 2.05) is 0 Å². The van der Waals surface area contributed by atoms with E-state index in [0.717, 1.165) is 91.4 Å². The standard InChI is InChI=1S/C30H29Cl2FN2O5.C26H21Cl2FN2O5.C19H18Cl2N2O3.C11H12BrFO2/c1-30(2,3)39-29(37)18-10-9-16(12-23(18)33)35-17-11-19(28(35)36)24(13-17)38-14-20-26(34-40-27(20)15-7-8-15)25-21(31)5-4-6-22(25)32;27-18-2-1-3-19(28)22(18)23-17(24(36-30-23)12-4-5-12)11-35-21-10-14-8-16(21)25(32)31(14)13-6-7-15(26(33)34)20(29)9-13;20-13-2-1-3-14(21)16(13)17-12(18(26-23-17)9-4-5-9)8-25-15-7-10-6-11(15)19(24)22-10;1-11(2,3)15-10(14)8-5-4-7(12)6-9(8)13/h4-6,9-10,12,15,17,19,24H,7-8,11,13-14H2,1-3H3;1-3,6-7,9,12,14,16,21H,4-5,8,10-11H2,(H,33,34);1-3,9-11,15H,4-8H2,(H,22,24);4-6H,1-3H3/t17-,19+,24+;14-,16+,21+;10-,11+,15+;/m000./s1. The average Bonchev–Trinajstić information content (AvgIpc) is 1.60. The average molecular weight is 1790 g/mol. The zero-order chi connectivity index (χ0) is 83.0. The second-order valence-electron chi connectivity index (χ2n) is 32.7. The molecule has 0 radical (unpaired) electrons. The minimum Gasteiger partial charge on any atom is -0.478 e. The Hall–Kier alpha value is -8.34. The number of piperidine rings is 3. The number of carbonyl (C=O) groups excluding carboxylic acids is 5. The van der Waals surface area contributed by atoms with Crippen LogP contribution in [0.4, 0.5) is 24.5 Å². The van der Waals surface area contributed by atoms with Crippen molar-refractivity contribution in [3.8, 4) is 33.8 Å². The van der Waals surface area contributed by atoms with Crippen molar-refractivity contribution in [1.29, 1.82) is 0 Å². The quantitative estimate of drug-likeness (QED) is 0.0672. The van der Waals surface area contributed by atoms with Crippen LogP contribution in [0.1, 0.15) is 201 Å². The van der Waals surface area contributed by atoms with Gasteiger partial charge in [0.2, 0.25) is 17.7 Å². The van der Waals surface area contributed by atoms with Gasteiger partial charge in [-0.2, -0.15) is 0 Å². The van der Waals surface area contributed by atoms with Gasteiger partial charge in [0.05, 0.1) is 103 Å². The number of ether oxygens (including phenoxy) is 5. The molecule has 9 fully saturated rings. The predicted octanol–water partition coefficient (Wildman–Crippen LogP) is 21.3. The van der Waals surface area contributed by atoms with Gasteiger partial charge in [-0.1, -0.05) is 119 Å². The van der Waals surface area contributed by atoms with Crippen molar-refractivity contribution < 1.29 is 84.3 Å². The molecule has 9 aliphatic rings. The number of halogens is 10. The number of hydrogen-bond donors (Lipinski definition) is 2. The fraction of sp³-hybridized carbons (Fsp3) is 0.407. The van der Waals surface area contributed by atoms with Crippen LogP contribution in [0, 0.1) is 35.2 Å². The van der Waals surface area contributed by atoms with Crippen molar-refractivity contribution in [2.45, 2.75) is 204 Å². The van der Waals surface area contributed by atoms with E-state index in [2.05, 4.69) is 36.7 Å². The number of hydrogen-bond acceptors (Lipinski definition) is 17. The molecule has 614 valence electrons. The summed E-state index contributed by atoms with van der Waals surface area (Å²) in [5.74, 6) is -2.46. The minimum atomic E-state index is -1.35. The molecule has 21 nitrogen and oxygen atoms in total. The van der Waals surface area contributed by atoms with E-state index in [-0.39, 0.29) is 108 Å². The summed E-state index contributed by atoms with van der Waals surface area (Å²) in [4.78, 5) is 76.6. The zero-order valence-electron chi connectivity index (χ0n) is 64.1. The van der Waals surface area contributed by atoms with Crippen LogP contribution in [0.3, 0.4) is 0 Å². The maximum atomic E-state index is 14.9. The molecule has 0 unspecified atom stereocenters. The van der Waals surface area contributed by atoms with Gasteiger partial charge in [-0.3, -0.25) is 14.4 Å². The van der Waals surface area contributed by atoms with Crippen LogP contribution in [-0.4, -0.2) is 104 Å². The summed E-state index contributed by atoms with van der Waals surface area (Å²) < 4.78 is 89.3. The molecule has 3 amide bonds. The highest BCUT2D eigenvalue weighted by molar-refractivity contribution is 9.10. The first kappa shape index (κ1) is 83.7. The van der Waals surface area contributed by atoms with Crippen LogP contribution in [0.15, 0.2) is 127 Å². The molecule has 6 heterocycles. The first-order valence-corrected chi connectivity index (χ1v) is 41.7. The number of benzene rings is 6. The number of rotatable bonds is 20. The summed E-state index contributed by atoms with van der Waals surface area (Å²) in [5, 5.41) is 27.9. The molecule has 3 saturated heterocycles. The van der Waals surface area contributed by atoms with Crippen LogP contribution >= 0.6 is 85.5 Å². The zero-order valence-corrected chi connectivity index (χ0v) is 70.2. The van der Waals surface area contributed by atoms with Crippen molar-refractivity contribution in [1.82, 2.24) is 20.8 Å². The van der Waals surface area contributed by atoms with Gasteiger partial charge in [0.1, 0.15) is 63.0 Å². The lowest BCUT2D eigenvalue weighted by Crippen LogP contribution is -2.43. The van der Waals surface area contributed by atoms with Crippen LogP contribution < -0.4 is 15.1 Å². The number of carboxylic acids is 1. The van der Waals surface area contributed by atoms with Crippen LogP contribution in [-0.2, 0) is 57.9 Å². The van der Waals surface area contributed by atoms with Crippen molar-refractivity contribution >= 4 is 133 Å². The Morgan fingerprint density at radius 2 is 0.821 bits per heavy atom. The number of aromatic nitrogens is 3. The topological polar surface area (TPSA) is 265 Å². The van der Waals surface area contributed by atoms with Gasteiger partial charge in [-0.05, 0) is 210 Å². The van der Waals surface area contributed by atoms with Gasteiger partial charge in [-0.25, -0.2) is 27.6 Å². The molecule has 3 aliphatic heterocycles. The molecular weight excluding hydrogens is 1710 g/mol. The van der Waals surface area contributed by atoms with Gasteiger partial charge < -0.3 is 57.5 Å². The lowest BCUT2D eigenvalue weighted by molar-refractivity contribution is -0.129. The molecule has 6 bridgehead atoms. The first-order valence-electron chi connectivity index (χ1n) is 38.6. The Labute approximate surface area is 709 Å². The van der Waals surface area contributed by atoms with Crippen LogP contribution in [0.2, 0.25) is 30.1 Å². The normalized spacial score (nSPS) is 22.2. The number of anilines is 2. The van der Waals surface area contributed by atoms with E-state index in [1.54, 1.807) is 118 Å². The molecular formula is C86H80BrCl6F3N6O15. The summed E-state index contributed by atoms with van der Waals surface area (Å²) in [5.41, 5.74) is 4.95. The van der Waals surface area contributed by atoms with Crippen LogP contribution in [0.25, 0.3) is 33.8 Å². The van der Waals surface area contributed by atoms with Gasteiger partial charge in [0, 0.05) is 85.1 Å². The number of fused-ring (bicyclic) bond motifs is 6. The number of carbonyl (C=O) groups is 6. The molecule has 2 N–H and O–H groups in total. The lowest BCUT2D eigenvalue weighted by Gasteiger charge is -2.31. The van der Waals surface area contributed by atoms with Gasteiger partial charge in [0.25, 0.3) is 0 Å². The first-order chi connectivity index (χ1) is 55.8. The molecule has 6 saturated carbocycles. The Morgan fingerprint density at radius 3 is 1.13 bits per heavy atom. The summed E-state index contributed by atoms with van der Waals surface area (Å²) in [7, 11) is 0. The lowest BCUT2D eigenvalue weighted by atomic mass is 10.0. The molecule has 9 aromatic rings. The highest BCUT2D eigenvalue weighted by atomic mass is 79.9. The molecule has 0 spiro atoms. The second kappa shape index (κ2) is 34.0. The van der Waals surface area contributed by atoms with E-state index in [9.17, 15) is 41.9 Å². The third-order valence-electron chi connectivity index (χ3n) is 22.1. The molecule has 3 aromatic heterocycles. The maximum absolute atomic E-state index is 14.9. The SMILES string of the molecule is CC(C)(C)OC(=O)c1ccc(Br)cc1F.CC(C)(C)OC(=O)c1ccc(N2C(=O)[C@@H]3C[C@H]2C[C@H]3OCc2c(-c3c(Cl)cccc3Cl)noc2C2CC2)cc1F.O=C(O)c1ccc(N2C(=O)[C@@H]3C[C@H]2C[C@H]3OCc2c(-c3c(Cl)cccc3Cl)noc2C2CC2)cc1F.O=C1N[C@@H]2C[C@@H](OCc3c(-c4c(Cl)cccc4Cl)noc3C3CC3)[C@H]1C2. The van der Waals surface area contributed by atoms with E-state index in [1.165, 1.54) is 36.4 Å². The molecule has 6 aliphatic carbocycles. The van der Waals surface area contributed by atoms with E-state index < -0.39 is 52.1 Å². The van der Waals surface area contributed by atoms with Gasteiger partial charge >= 0.3 is 17.9 Å². The molecule has 117 heavy (non-hydrogen) atoms. The number of nitrogens with zero attached hydrogens (tertiary/aromatic N) is 5. The molecule has 18 rings (SSSR count). The molecule has 31 heteroatoms. The third kappa shape index (κ3) is 18.1. The number of carboxylic acid groups (broad SMARTS) is 1. The summed E-state index contributed by atoms with van der Waals surface area (Å²) in [6, 6.07) is 28.1. The molecule has 6 aromatic carbocycles. The molecule has 9 atom stereocenters. The summed E-state index contributed by atoms with van der Waals surface area (Å²) in [6.45, 7) is 11.1. The van der Waals surface area contributed by atoms with Crippen molar-refractivity contribution in [3.05, 3.63) is 212 Å². The van der Waals surface area contributed by atoms with Crippen molar-refractivity contribution in [2.75, 3.05) is 9.80 Å². The Bertz CT molecular complexity index is 5330. The second-order valence-corrected chi connectivity index (χ2v) is 36.1. The monoisotopic (exact) mass is 1780 g/mol. The highest BCUT2D eigenvalue weighted by Crippen LogP contribution is 2.52. The van der Waals surface area contributed by atoms with Crippen molar-refractivity contribution in [2.24, 2.45) is 17.8 Å². The van der Waals surface area contributed by atoms with Crippen LogP contribution in [0.5, 0.6) is 0 Å². The Balaban J connectivity index is 0.000000128. The summed E-state index contributed by atoms with van der Waals surface area (Å²) in [6.07, 6.45) is 9.72. The number of aromatic carboxylic acids is 1. The number of amides is 3. The fourth-order valence-electron chi connectivity index (χ4n) is 16.2. The van der Waals surface area contributed by atoms with Gasteiger partial charge in [0.15, 0.2) is 0 Å².